The zero-order valence-corrected chi connectivity index (χ0v) is 17.6. The molecule has 0 spiro atoms. The Bertz CT molecular complexity index is 1030. The third-order valence-corrected chi connectivity index (χ3v) is 7.06. The lowest BCUT2D eigenvalue weighted by atomic mass is 9.88. The molecule has 0 heterocycles. The lowest BCUT2D eigenvalue weighted by Gasteiger charge is -2.21. The highest BCUT2D eigenvalue weighted by Gasteiger charge is 2.22. The summed E-state index contributed by atoms with van der Waals surface area (Å²) in [6.45, 7) is 1.55. The van der Waals surface area contributed by atoms with Gasteiger partial charge in [-0.3, -0.25) is 9.59 Å². The Kier molecular flexibility index (Phi) is 6.87. The van der Waals surface area contributed by atoms with Crippen molar-refractivity contribution in [2.45, 2.75) is 43.9 Å². The molecule has 2 aromatic rings. The van der Waals surface area contributed by atoms with Crippen molar-refractivity contribution in [3.63, 3.8) is 0 Å². The van der Waals surface area contributed by atoms with Gasteiger partial charge in [0.1, 0.15) is 5.82 Å². The molecule has 2 N–H and O–H groups in total. The van der Waals surface area contributed by atoms with Crippen molar-refractivity contribution in [3.05, 3.63) is 53.8 Å². The molecule has 1 aliphatic rings. The van der Waals surface area contributed by atoms with Crippen molar-refractivity contribution in [3.8, 4) is 0 Å². The minimum absolute atomic E-state index is 0.0211. The second kappa shape index (κ2) is 9.38. The first kappa shape index (κ1) is 22.0. The van der Waals surface area contributed by atoms with Gasteiger partial charge in [-0.05, 0) is 55.3 Å². The second-order valence-corrected chi connectivity index (χ2v) is 9.68. The molecular formula is C22H25FN2O4S. The van der Waals surface area contributed by atoms with Gasteiger partial charge in [0.05, 0.1) is 16.3 Å². The standard InChI is InChI=1S/C22H25FN2O4S/c1-2-30(28,29)18-11-8-16(9-12-18)21(26)24-17-10-13-19(23)20(14-17)25-22(27)15-6-4-3-5-7-15/h8-15H,2-7H2,1H3,(H,24,26)(H,25,27). The summed E-state index contributed by atoms with van der Waals surface area (Å²) < 4.78 is 37.9. The van der Waals surface area contributed by atoms with Crippen LogP contribution in [0.4, 0.5) is 15.8 Å². The van der Waals surface area contributed by atoms with E-state index in [1.165, 1.54) is 42.5 Å². The van der Waals surface area contributed by atoms with E-state index in [0.717, 1.165) is 32.1 Å². The van der Waals surface area contributed by atoms with Crippen molar-refractivity contribution in [2.24, 2.45) is 5.92 Å². The second-order valence-electron chi connectivity index (χ2n) is 7.40. The van der Waals surface area contributed by atoms with Crippen LogP contribution < -0.4 is 10.6 Å². The van der Waals surface area contributed by atoms with E-state index in [4.69, 9.17) is 0 Å². The molecule has 8 heteroatoms. The molecule has 30 heavy (non-hydrogen) atoms. The quantitative estimate of drug-likeness (QED) is 0.708. The van der Waals surface area contributed by atoms with Gasteiger partial charge in [0.25, 0.3) is 5.91 Å². The molecule has 0 radical (unpaired) electrons. The summed E-state index contributed by atoms with van der Waals surface area (Å²) >= 11 is 0. The van der Waals surface area contributed by atoms with E-state index < -0.39 is 21.6 Å². The van der Waals surface area contributed by atoms with E-state index >= 15 is 0 Å². The number of halogens is 1. The highest BCUT2D eigenvalue weighted by molar-refractivity contribution is 7.91. The van der Waals surface area contributed by atoms with Crippen LogP contribution >= 0.6 is 0 Å². The number of carbonyl (C=O) groups excluding carboxylic acids is 2. The van der Waals surface area contributed by atoms with Crippen molar-refractivity contribution in [2.75, 3.05) is 16.4 Å². The minimum atomic E-state index is -3.34. The molecule has 3 rings (SSSR count). The fraction of sp³-hybridized carbons (Fsp3) is 0.364. The number of amides is 2. The van der Waals surface area contributed by atoms with Gasteiger partial charge in [-0.1, -0.05) is 26.2 Å². The highest BCUT2D eigenvalue weighted by Crippen LogP contribution is 2.27. The van der Waals surface area contributed by atoms with E-state index in [2.05, 4.69) is 10.6 Å². The molecule has 1 aliphatic carbocycles. The predicted octanol–water partition coefficient (Wildman–Crippen LogP) is 4.39. The Morgan fingerprint density at radius 1 is 1.00 bits per heavy atom. The molecule has 0 atom stereocenters. The smallest absolute Gasteiger partial charge is 0.255 e. The zero-order chi connectivity index (χ0) is 21.7. The summed E-state index contributed by atoms with van der Waals surface area (Å²) in [6, 6.07) is 9.58. The first-order valence-corrected chi connectivity index (χ1v) is 11.7. The Morgan fingerprint density at radius 2 is 1.67 bits per heavy atom. The normalized spacial score (nSPS) is 14.9. The molecule has 0 aliphatic heterocycles. The maximum Gasteiger partial charge on any atom is 0.255 e. The first-order valence-electron chi connectivity index (χ1n) is 10.0. The summed E-state index contributed by atoms with van der Waals surface area (Å²) in [5, 5.41) is 5.28. The number of hydrogen-bond acceptors (Lipinski definition) is 4. The number of nitrogens with one attached hydrogen (secondary N) is 2. The van der Waals surface area contributed by atoms with Gasteiger partial charge in [-0.15, -0.1) is 0 Å². The largest absolute Gasteiger partial charge is 0.323 e. The maximum atomic E-state index is 14.2. The number of sulfone groups is 1. The van der Waals surface area contributed by atoms with E-state index in [9.17, 15) is 22.4 Å². The predicted molar refractivity (Wildman–Crippen MR) is 114 cm³/mol. The lowest BCUT2D eigenvalue weighted by Crippen LogP contribution is -2.25. The third kappa shape index (κ3) is 5.24. The summed E-state index contributed by atoms with van der Waals surface area (Å²) in [4.78, 5) is 25.0. The van der Waals surface area contributed by atoms with E-state index in [-0.39, 0.29) is 33.7 Å². The summed E-state index contributed by atoms with van der Waals surface area (Å²) in [5.41, 5.74) is 0.612. The summed E-state index contributed by atoms with van der Waals surface area (Å²) in [7, 11) is -3.34. The van der Waals surface area contributed by atoms with Crippen molar-refractivity contribution < 1.29 is 22.4 Å². The van der Waals surface area contributed by atoms with Gasteiger partial charge >= 0.3 is 0 Å². The molecule has 6 nitrogen and oxygen atoms in total. The molecule has 2 amide bonds. The highest BCUT2D eigenvalue weighted by atomic mass is 32.2. The maximum absolute atomic E-state index is 14.2. The van der Waals surface area contributed by atoms with Crippen molar-refractivity contribution >= 4 is 33.0 Å². The van der Waals surface area contributed by atoms with Gasteiger partial charge in [0.2, 0.25) is 5.91 Å². The van der Waals surface area contributed by atoms with Crippen LogP contribution in [-0.4, -0.2) is 26.0 Å². The fourth-order valence-corrected chi connectivity index (χ4v) is 4.37. The average molecular weight is 433 g/mol. The van der Waals surface area contributed by atoms with Gasteiger partial charge in [-0.25, -0.2) is 12.8 Å². The van der Waals surface area contributed by atoms with Gasteiger partial charge < -0.3 is 10.6 Å². The van der Waals surface area contributed by atoms with Crippen LogP contribution in [0.25, 0.3) is 0 Å². The van der Waals surface area contributed by atoms with E-state index in [1.807, 2.05) is 0 Å². The minimum Gasteiger partial charge on any atom is -0.323 e. The van der Waals surface area contributed by atoms with Gasteiger partial charge in [-0.2, -0.15) is 0 Å². The zero-order valence-electron chi connectivity index (χ0n) is 16.8. The van der Waals surface area contributed by atoms with Crippen LogP contribution in [0.3, 0.4) is 0 Å². The average Bonchev–Trinajstić information content (AvgIpc) is 2.76. The molecule has 0 bridgehead atoms. The number of anilines is 2. The Hall–Kier alpha value is -2.74. The van der Waals surface area contributed by atoms with E-state index in [0.29, 0.717) is 5.69 Å². The SMILES string of the molecule is CCS(=O)(=O)c1ccc(C(=O)Nc2ccc(F)c(NC(=O)C3CCCCC3)c2)cc1. The number of carbonyl (C=O) groups is 2. The lowest BCUT2D eigenvalue weighted by molar-refractivity contribution is -0.120. The third-order valence-electron chi connectivity index (χ3n) is 5.31. The molecule has 0 saturated heterocycles. The van der Waals surface area contributed by atoms with Crippen molar-refractivity contribution in [1.29, 1.82) is 0 Å². The molecule has 160 valence electrons. The number of benzene rings is 2. The molecule has 2 aromatic carbocycles. The van der Waals surface area contributed by atoms with E-state index in [1.54, 1.807) is 6.92 Å². The van der Waals surface area contributed by atoms with Gasteiger partial charge in [0, 0.05) is 17.2 Å². The molecule has 1 saturated carbocycles. The van der Waals surface area contributed by atoms with Crippen molar-refractivity contribution in [1.82, 2.24) is 0 Å². The fourth-order valence-electron chi connectivity index (χ4n) is 3.48. The first-order chi connectivity index (χ1) is 14.3. The van der Waals surface area contributed by atoms with Crippen LogP contribution in [0, 0.1) is 11.7 Å². The van der Waals surface area contributed by atoms with Crippen LogP contribution in [-0.2, 0) is 14.6 Å². The summed E-state index contributed by atoms with van der Waals surface area (Å²) in [6.07, 6.45) is 4.70. The Balaban J connectivity index is 1.70. The Labute approximate surface area is 175 Å². The molecule has 0 unspecified atom stereocenters. The molecule has 0 aromatic heterocycles. The number of hydrogen-bond donors (Lipinski definition) is 2. The van der Waals surface area contributed by atoms with Crippen LogP contribution in [0.5, 0.6) is 0 Å². The molecule has 1 fully saturated rings. The summed E-state index contributed by atoms with van der Waals surface area (Å²) in [5.74, 6) is -1.39. The van der Waals surface area contributed by atoms with Crippen LogP contribution in [0.2, 0.25) is 0 Å². The van der Waals surface area contributed by atoms with Gasteiger partial charge in [0.15, 0.2) is 9.84 Å². The van der Waals surface area contributed by atoms with Crippen LogP contribution in [0.15, 0.2) is 47.4 Å². The Morgan fingerprint density at radius 3 is 2.30 bits per heavy atom. The molecular weight excluding hydrogens is 407 g/mol. The van der Waals surface area contributed by atoms with Crippen LogP contribution in [0.1, 0.15) is 49.4 Å². The number of rotatable bonds is 6. The monoisotopic (exact) mass is 432 g/mol. The topological polar surface area (TPSA) is 92.3 Å².